The maximum atomic E-state index is 6.08. The number of rotatable bonds is 6. The van der Waals surface area contributed by atoms with E-state index in [0.717, 1.165) is 31.7 Å². The van der Waals surface area contributed by atoms with E-state index in [1.807, 2.05) is 23.9 Å². The van der Waals surface area contributed by atoms with Crippen LogP contribution >= 0.6 is 0 Å². The van der Waals surface area contributed by atoms with Gasteiger partial charge in [0, 0.05) is 19.3 Å². The minimum atomic E-state index is -0.170. The van der Waals surface area contributed by atoms with E-state index in [1.165, 1.54) is 12.8 Å². The van der Waals surface area contributed by atoms with Crippen molar-refractivity contribution in [2.24, 2.45) is 5.84 Å². The second kappa shape index (κ2) is 5.82. The van der Waals surface area contributed by atoms with Crippen LogP contribution in [0.5, 0.6) is 0 Å². The van der Waals surface area contributed by atoms with Crippen molar-refractivity contribution in [2.75, 3.05) is 6.61 Å². The highest BCUT2D eigenvalue weighted by Crippen LogP contribution is 2.42. The van der Waals surface area contributed by atoms with Crippen LogP contribution in [0.2, 0.25) is 0 Å². The molecule has 1 aromatic heterocycles. The summed E-state index contributed by atoms with van der Waals surface area (Å²) >= 11 is 0. The summed E-state index contributed by atoms with van der Waals surface area (Å²) in [5, 5.41) is 4.33. The zero-order valence-corrected chi connectivity index (χ0v) is 11.4. The molecule has 1 heterocycles. The Labute approximate surface area is 109 Å². The van der Waals surface area contributed by atoms with Gasteiger partial charge < -0.3 is 4.74 Å². The molecule has 5 nitrogen and oxygen atoms in total. The third-order valence-corrected chi connectivity index (χ3v) is 3.92. The first-order valence-electron chi connectivity index (χ1n) is 6.89. The average molecular weight is 252 g/mol. The van der Waals surface area contributed by atoms with Crippen molar-refractivity contribution in [2.45, 2.75) is 57.7 Å². The van der Waals surface area contributed by atoms with Gasteiger partial charge in [0.15, 0.2) is 0 Å². The van der Waals surface area contributed by atoms with Crippen LogP contribution < -0.4 is 11.3 Å². The first kappa shape index (κ1) is 13.5. The lowest BCUT2D eigenvalue weighted by atomic mass is 9.89. The molecule has 1 aromatic rings. The van der Waals surface area contributed by atoms with Crippen molar-refractivity contribution in [1.82, 2.24) is 15.2 Å². The van der Waals surface area contributed by atoms with Crippen LogP contribution in [0.3, 0.4) is 0 Å². The van der Waals surface area contributed by atoms with Crippen molar-refractivity contribution in [3.63, 3.8) is 0 Å². The van der Waals surface area contributed by atoms with Gasteiger partial charge in [-0.15, -0.1) is 0 Å². The second-order valence-electron chi connectivity index (χ2n) is 4.88. The van der Waals surface area contributed by atoms with E-state index < -0.39 is 0 Å². The minimum absolute atomic E-state index is 0.0161. The molecule has 0 amide bonds. The van der Waals surface area contributed by atoms with Crippen LogP contribution in [0.1, 0.15) is 51.3 Å². The summed E-state index contributed by atoms with van der Waals surface area (Å²) in [7, 11) is 0. The van der Waals surface area contributed by atoms with Gasteiger partial charge in [-0.25, -0.2) is 5.43 Å². The predicted octanol–water partition coefficient (Wildman–Crippen LogP) is 1.76. The van der Waals surface area contributed by atoms with Gasteiger partial charge in [-0.3, -0.25) is 10.5 Å². The smallest absolute Gasteiger partial charge is 0.0918 e. The lowest BCUT2D eigenvalue weighted by Gasteiger charge is -2.37. The maximum absolute atomic E-state index is 6.08. The number of nitrogens with one attached hydrogen (secondary N) is 1. The minimum Gasteiger partial charge on any atom is -0.373 e. The molecule has 102 valence electrons. The Morgan fingerprint density at radius 3 is 2.78 bits per heavy atom. The molecular weight excluding hydrogens is 228 g/mol. The normalized spacial score (nSPS) is 20.2. The van der Waals surface area contributed by atoms with Crippen LogP contribution in [0.25, 0.3) is 0 Å². The molecule has 0 saturated heterocycles. The number of nitrogens with two attached hydrogens (primary N) is 1. The summed E-state index contributed by atoms with van der Waals surface area (Å²) in [6.07, 6.45) is 6.36. The maximum Gasteiger partial charge on any atom is 0.0918 e. The fourth-order valence-corrected chi connectivity index (χ4v) is 3.14. The van der Waals surface area contributed by atoms with E-state index in [4.69, 9.17) is 10.6 Å². The molecule has 1 atom stereocenters. The Kier molecular flexibility index (Phi) is 4.37. The third kappa shape index (κ3) is 2.30. The standard InChI is InChI=1S/C13H24N4O/c1-3-17-11(7-10-15-17)12(16-14)13(18-4-2)8-5-6-9-13/h7,10,12,16H,3-6,8-9,14H2,1-2H3. The van der Waals surface area contributed by atoms with Crippen molar-refractivity contribution in [3.8, 4) is 0 Å². The zero-order chi connectivity index (χ0) is 13.0. The number of ether oxygens (including phenoxy) is 1. The molecule has 3 N–H and O–H groups in total. The summed E-state index contributed by atoms with van der Waals surface area (Å²) < 4.78 is 8.07. The SMILES string of the molecule is CCOC1(C(NN)c2ccnn2CC)CCCC1. The topological polar surface area (TPSA) is 65.1 Å². The zero-order valence-electron chi connectivity index (χ0n) is 11.4. The van der Waals surface area contributed by atoms with Crippen LogP contribution in [0.4, 0.5) is 0 Å². The lowest BCUT2D eigenvalue weighted by Crippen LogP contribution is -2.47. The molecule has 0 radical (unpaired) electrons. The number of hydrazine groups is 1. The highest BCUT2D eigenvalue weighted by molar-refractivity contribution is 5.14. The second-order valence-corrected chi connectivity index (χ2v) is 4.88. The Hall–Kier alpha value is -0.910. The molecular formula is C13H24N4O. The first-order valence-corrected chi connectivity index (χ1v) is 6.89. The molecule has 1 aliphatic rings. The molecule has 0 aromatic carbocycles. The third-order valence-electron chi connectivity index (χ3n) is 3.92. The Morgan fingerprint density at radius 1 is 1.50 bits per heavy atom. The van der Waals surface area contributed by atoms with Crippen LogP contribution in [0, 0.1) is 0 Å². The van der Waals surface area contributed by atoms with Gasteiger partial charge in [0.2, 0.25) is 0 Å². The Bertz CT molecular complexity index is 371. The van der Waals surface area contributed by atoms with Gasteiger partial charge in [-0.05, 0) is 32.8 Å². The average Bonchev–Trinajstić information content (AvgIpc) is 3.01. The van der Waals surface area contributed by atoms with E-state index in [-0.39, 0.29) is 11.6 Å². The number of hydrogen-bond acceptors (Lipinski definition) is 4. The highest BCUT2D eigenvalue weighted by atomic mass is 16.5. The van der Waals surface area contributed by atoms with Crippen molar-refractivity contribution < 1.29 is 4.74 Å². The van der Waals surface area contributed by atoms with Gasteiger partial charge in [-0.2, -0.15) is 5.10 Å². The quantitative estimate of drug-likeness (QED) is 0.598. The van der Waals surface area contributed by atoms with Gasteiger partial charge in [0.05, 0.1) is 17.3 Å². The van der Waals surface area contributed by atoms with Gasteiger partial charge in [-0.1, -0.05) is 12.8 Å². The first-order chi connectivity index (χ1) is 8.77. The molecule has 1 fully saturated rings. The summed E-state index contributed by atoms with van der Waals surface area (Å²) in [5.41, 5.74) is 3.91. The van der Waals surface area contributed by atoms with E-state index in [1.54, 1.807) is 0 Å². The number of aromatic nitrogens is 2. The molecule has 1 unspecified atom stereocenters. The van der Waals surface area contributed by atoms with Crippen LogP contribution in [-0.4, -0.2) is 22.0 Å². The van der Waals surface area contributed by atoms with Gasteiger partial charge >= 0.3 is 0 Å². The largest absolute Gasteiger partial charge is 0.373 e. The van der Waals surface area contributed by atoms with E-state index in [9.17, 15) is 0 Å². The fraction of sp³-hybridized carbons (Fsp3) is 0.769. The summed E-state index contributed by atoms with van der Waals surface area (Å²) in [6.45, 7) is 5.71. The van der Waals surface area contributed by atoms with E-state index in [0.29, 0.717) is 0 Å². The Morgan fingerprint density at radius 2 is 2.22 bits per heavy atom. The predicted molar refractivity (Wildman–Crippen MR) is 70.8 cm³/mol. The van der Waals surface area contributed by atoms with Crippen molar-refractivity contribution >= 4 is 0 Å². The molecule has 1 saturated carbocycles. The number of hydrogen-bond donors (Lipinski definition) is 2. The fourth-order valence-electron chi connectivity index (χ4n) is 3.14. The van der Waals surface area contributed by atoms with Crippen molar-refractivity contribution in [1.29, 1.82) is 0 Å². The van der Waals surface area contributed by atoms with Crippen LogP contribution in [-0.2, 0) is 11.3 Å². The van der Waals surface area contributed by atoms with Crippen molar-refractivity contribution in [3.05, 3.63) is 18.0 Å². The molecule has 18 heavy (non-hydrogen) atoms. The number of nitrogens with zero attached hydrogens (tertiary/aromatic N) is 2. The van der Waals surface area contributed by atoms with Gasteiger partial charge in [0.1, 0.15) is 0 Å². The lowest BCUT2D eigenvalue weighted by molar-refractivity contribution is -0.0645. The van der Waals surface area contributed by atoms with E-state index in [2.05, 4.69) is 17.4 Å². The highest BCUT2D eigenvalue weighted by Gasteiger charge is 2.43. The summed E-state index contributed by atoms with van der Waals surface area (Å²) in [4.78, 5) is 0. The molecule has 0 spiro atoms. The van der Waals surface area contributed by atoms with Crippen LogP contribution in [0.15, 0.2) is 12.3 Å². The molecule has 1 aliphatic carbocycles. The van der Waals surface area contributed by atoms with E-state index >= 15 is 0 Å². The monoisotopic (exact) mass is 252 g/mol. The number of aryl methyl sites for hydroxylation is 1. The van der Waals surface area contributed by atoms with Gasteiger partial charge in [0.25, 0.3) is 0 Å². The summed E-state index contributed by atoms with van der Waals surface area (Å²) in [6, 6.07) is 2.05. The molecule has 2 rings (SSSR count). The Balaban J connectivity index is 2.31. The molecule has 0 aliphatic heterocycles. The molecule has 0 bridgehead atoms. The molecule has 5 heteroatoms. The summed E-state index contributed by atoms with van der Waals surface area (Å²) in [5.74, 6) is 5.81.